The molecule has 1 aliphatic heterocycles. The van der Waals surface area contributed by atoms with Crippen molar-refractivity contribution in [3.63, 3.8) is 0 Å². The summed E-state index contributed by atoms with van der Waals surface area (Å²) in [5.74, 6) is -0.102. The third-order valence-corrected chi connectivity index (χ3v) is 6.58. The van der Waals surface area contributed by atoms with Gasteiger partial charge in [0.15, 0.2) is 0 Å². The summed E-state index contributed by atoms with van der Waals surface area (Å²) in [6.45, 7) is 1.16. The van der Waals surface area contributed by atoms with Gasteiger partial charge in [0.25, 0.3) is 11.8 Å². The van der Waals surface area contributed by atoms with Crippen LogP contribution in [0.3, 0.4) is 0 Å². The van der Waals surface area contributed by atoms with Crippen molar-refractivity contribution in [3.8, 4) is 11.3 Å². The van der Waals surface area contributed by atoms with Gasteiger partial charge in [0.2, 0.25) is 0 Å². The smallest absolute Gasteiger partial charge is 0.254 e. The lowest BCUT2D eigenvalue weighted by molar-refractivity contribution is 0.0700. The second-order valence-electron chi connectivity index (χ2n) is 8.46. The zero-order valence-corrected chi connectivity index (χ0v) is 19.3. The Morgan fingerprint density at radius 3 is 2.32 bits per heavy atom. The van der Waals surface area contributed by atoms with Crippen molar-refractivity contribution in [3.05, 3.63) is 101 Å². The maximum atomic E-state index is 13.6. The number of para-hydroxylation sites is 1. The van der Waals surface area contributed by atoms with Crippen LogP contribution in [0.25, 0.3) is 22.2 Å². The van der Waals surface area contributed by atoms with E-state index in [0.29, 0.717) is 47.8 Å². The average Bonchev–Trinajstić information content (AvgIpc) is 2.89. The Morgan fingerprint density at radius 2 is 1.56 bits per heavy atom. The minimum Gasteiger partial charge on any atom is -0.349 e. The Bertz CT molecular complexity index is 1350. The van der Waals surface area contributed by atoms with Gasteiger partial charge in [0, 0.05) is 40.7 Å². The van der Waals surface area contributed by atoms with E-state index in [1.165, 1.54) is 0 Å². The molecule has 0 saturated carbocycles. The van der Waals surface area contributed by atoms with E-state index < -0.39 is 0 Å². The zero-order chi connectivity index (χ0) is 23.5. The first-order valence-electron chi connectivity index (χ1n) is 11.4. The van der Waals surface area contributed by atoms with Crippen LogP contribution < -0.4 is 5.32 Å². The summed E-state index contributed by atoms with van der Waals surface area (Å²) in [5.41, 5.74) is 3.50. The fraction of sp³-hybridized carbons (Fsp3) is 0.179. The van der Waals surface area contributed by atoms with Crippen LogP contribution >= 0.6 is 11.6 Å². The molecule has 5 rings (SSSR count). The topological polar surface area (TPSA) is 62.3 Å². The molecule has 3 aromatic carbocycles. The highest BCUT2D eigenvalue weighted by Crippen LogP contribution is 2.30. The Kier molecular flexibility index (Phi) is 6.28. The summed E-state index contributed by atoms with van der Waals surface area (Å²) < 4.78 is 0. The lowest BCUT2D eigenvalue weighted by Gasteiger charge is -2.32. The van der Waals surface area contributed by atoms with Gasteiger partial charge in [-0.25, -0.2) is 4.98 Å². The first kappa shape index (κ1) is 22.1. The van der Waals surface area contributed by atoms with Crippen LogP contribution in [0.15, 0.2) is 84.9 Å². The monoisotopic (exact) mass is 469 g/mol. The van der Waals surface area contributed by atoms with Gasteiger partial charge in [-0.2, -0.15) is 0 Å². The fourth-order valence-corrected chi connectivity index (χ4v) is 4.65. The molecule has 5 nitrogen and oxygen atoms in total. The van der Waals surface area contributed by atoms with Crippen LogP contribution in [0, 0.1) is 0 Å². The summed E-state index contributed by atoms with van der Waals surface area (Å²) >= 11 is 6.42. The van der Waals surface area contributed by atoms with Crippen molar-refractivity contribution in [1.82, 2.24) is 15.2 Å². The number of benzene rings is 3. The zero-order valence-electron chi connectivity index (χ0n) is 18.6. The van der Waals surface area contributed by atoms with E-state index in [-0.39, 0.29) is 17.9 Å². The van der Waals surface area contributed by atoms with Gasteiger partial charge in [0.05, 0.1) is 16.8 Å². The minimum absolute atomic E-state index is 0.0280. The van der Waals surface area contributed by atoms with Crippen LogP contribution in [0.4, 0.5) is 0 Å². The van der Waals surface area contributed by atoms with Crippen molar-refractivity contribution in [2.75, 3.05) is 13.1 Å². The molecule has 0 aliphatic carbocycles. The summed E-state index contributed by atoms with van der Waals surface area (Å²) in [6.07, 6.45) is 1.43. The quantitative estimate of drug-likeness (QED) is 0.423. The number of nitrogens with one attached hydrogen (secondary N) is 1. The van der Waals surface area contributed by atoms with Crippen LogP contribution in [-0.4, -0.2) is 40.8 Å². The molecule has 170 valence electrons. The maximum absolute atomic E-state index is 13.6. The van der Waals surface area contributed by atoms with Gasteiger partial charge < -0.3 is 10.2 Å². The van der Waals surface area contributed by atoms with Gasteiger partial charge in [0.1, 0.15) is 0 Å². The number of pyridine rings is 1. The van der Waals surface area contributed by atoms with E-state index in [1.807, 2.05) is 77.7 Å². The van der Waals surface area contributed by atoms with E-state index >= 15 is 0 Å². The minimum atomic E-state index is -0.0742. The van der Waals surface area contributed by atoms with Crippen molar-refractivity contribution < 1.29 is 9.59 Å². The maximum Gasteiger partial charge on any atom is 0.254 e. The van der Waals surface area contributed by atoms with Gasteiger partial charge in [-0.05, 0) is 43.2 Å². The molecule has 0 atom stereocenters. The van der Waals surface area contributed by atoms with E-state index in [2.05, 4.69) is 5.32 Å². The predicted octanol–water partition coefficient (Wildman–Crippen LogP) is 5.59. The molecule has 1 aliphatic rings. The van der Waals surface area contributed by atoms with Crippen molar-refractivity contribution in [2.45, 2.75) is 18.9 Å². The van der Waals surface area contributed by atoms with Crippen molar-refractivity contribution >= 4 is 34.3 Å². The van der Waals surface area contributed by atoms with E-state index in [9.17, 15) is 9.59 Å². The third-order valence-electron chi connectivity index (χ3n) is 6.25. The highest BCUT2D eigenvalue weighted by Gasteiger charge is 2.26. The average molecular weight is 470 g/mol. The molecule has 6 heteroatoms. The number of amides is 2. The van der Waals surface area contributed by atoms with Crippen LogP contribution in [0.1, 0.15) is 33.6 Å². The molecule has 0 radical (unpaired) electrons. The van der Waals surface area contributed by atoms with Gasteiger partial charge in [-0.3, -0.25) is 9.59 Å². The number of carbonyl (C=O) groups is 2. The molecule has 0 bridgehead atoms. The van der Waals surface area contributed by atoms with E-state index in [4.69, 9.17) is 16.6 Å². The van der Waals surface area contributed by atoms with E-state index in [1.54, 1.807) is 12.1 Å². The number of nitrogens with zero attached hydrogens (tertiary/aromatic N) is 2. The van der Waals surface area contributed by atoms with Crippen molar-refractivity contribution in [2.24, 2.45) is 0 Å². The van der Waals surface area contributed by atoms with Crippen LogP contribution in [0.5, 0.6) is 0 Å². The largest absolute Gasteiger partial charge is 0.349 e. The lowest BCUT2D eigenvalue weighted by atomic mass is 10.00. The number of fused-ring (bicyclic) bond motifs is 1. The molecule has 1 saturated heterocycles. The Balaban J connectivity index is 1.36. The number of halogens is 1. The molecule has 0 spiro atoms. The second-order valence-corrected chi connectivity index (χ2v) is 8.87. The SMILES string of the molecule is O=C(NC1CCN(C(=O)c2cc(-c3ccccc3Cl)nc3ccccc23)CC1)c1ccccc1. The molecular weight excluding hydrogens is 446 g/mol. The fourth-order valence-electron chi connectivity index (χ4n) is 4.41. The summed E-state index contributed by atoms with van der Waals surface area (Å²) in [4.78, 5) is 32.7. The van der Waals surface area contributed by atoms with Crippen LogP contribution in [0.2, 0.25) is 5.02 Å². The lowest BCUT2D eigenvalue weighted by Crippen LogP contribution is -2.46. The van der Waals surface area contributed by atoms with Gasteiger partial charge >= 0.3 is 0 Å². The Morgan fingerprint density at radius 1 is 0.882 bits per heavy atom. The first-order chi connectivity index (χ1) is 16.6. The Labute approximate surface area is 203 Å². The van der Waals surface area contributed by atoms with Crippen molar-refractivity contribution in [1.29, 1.82) is 0 Å². The molecule has 0 unspecified atom stereocenters. The summed E-state index contributed by atoms with van der Waals surface area (Å²) in [5, 5.41) is 4.52. The Hall–Kier alpha value is -3.70. The predicted molar refractivity (Wildman–Crippen MR) is 135 cm³/mol. The third kappa shape index (κ3) is 4.52. The molecule has 1 N–H and O–H groups in total. The molecule has 4 aromatic rings. The molecule has 34 heavy (non-hydrogen) atoms. The first-order valence-corrected chi connectivity index (χ1v) is 11.8. The molecule has 2 heterocycles. The number of rotatable bonds is 4. The highest BCUT2D eigenvalue weighted by molar-refractivity contribution is 6.33. The molecule has 2 amide bonds. The van der Waals surface area contributed by atoms with Gasteiger partial charge in [-0.15, -0.1) is 0 Å². The number of aromatic nitrogens is 1. The highest BCUT2D eigenvalue weighted by atomic mass is 35.5. The molecule has 1 aromatic heterocycles. The standard InChI is InChI=1S/C28H24ClN3O2/c29-24-12-6-4-11-22(24)26-18-23(21-10-5-7-13-25(21)31-26)28(34)32-16-14-20(15-17-32)30-27(33)19-8-2-1-3-9-19/h1-13,18,20H,14-17H2,(H,30,33). The molecular formula is C28H24ClN3O2. The summed E-state index contributed by atoms with van der Waals surface area (Å²) in [6, 6.07) is 26.3. The van der Waals surface area contributed by atoms with E-state index in [0.717, 1.165) is 16.5 Å². The molecule has 1 fully saturated rings. The summed E-state index contributed by atoms with van der Waals surface area (Å²) in [7, 11) is 0. The number of carbonyl (C=O) groups excluding carboxylic acids is 2. The number of hydrogen-bond donors (Lipinski definition) is 1. The number of piperidine rings is 1. The van der Waals surface area contributed by atoms with Gasteiger partial charge in [-0.1, -0.05) is 66.2 Å². The number of likely N-dealkylation sites (tertiary alicyclic amines) is 1. The number of hydrogen-bond acceptors (Lipinski definition) is 3. The van der Waals surface area contributed by atoms with Crippen LogP contribution in [-0.2, 0) is 0 Å². The second kappa shape index (κ2) is 9.65. The normalized spacial score (nSPS) is 14.2.